The summed E-state index contributed by atoms with van der Waals surface area (Å²) in [6.07, 6.45) is 1.04. The van der Waals surface area contributed by atoms with Gasteiger partial charge in [0.15, 0.2) is 5.96 Å². The summed E-state index contributed by atoms with van der Waals surface area (Å²) in [5.41, 5.74) is 6.71. The van der Waals surface area contributed by atoms with Crippen LogP contribution in [0.1, 0.15) is 18.9 Å². The topological polar surface area (TPSA) is 50.4 Å². The van der Waals surface area contributed by atoms with E-state index in [0.717, 1.165) is 23.6 Å². The Bertz CT molecular complexity index is 342. The third-order valence-corrected chi connectivity index (χ3v) is 2.11. The fourth-order valence-corrected chi connectivity index (χ4v) is 1.33. The molecule has 0 aliphatic carbocycles. The summed E-state index contributed by atoms with van der Waals surface area (Å²) in [7, 11) is 0. The third kappa shape index (κ3) is 6.17. The van der Waals surface area contributed by atoms with Gasteiger partial charge in [-0.15, -0.1) is 24.0 Å². The summed E-state index contributed by atoms with van der Waals surface area (Å²) < 4.78 is 0. The Hall–Kier alpha value is -0.490. The van der Waals surface area contributed by atoms with E-state index in [0.29, 0.717) is 12.5 Å². The lowest BCUT2D eigenvalue weighted by molar-refractivity contribution is 0.825. The monoisotopic (exact) mass is 353 g/mol. The number of guanidine groups is 1. The SMILES string of the molecule is CCCNC(N)=NCc1cccc(Cl)c1.I. The summed E-state index contributed by atoms with van der Waals surface area (Å²) in [4.78, 5) is 4.20. The maximum Gasteiger partial charge on any atom is 0.188 e. The maximum absolute atomic E-state index is 5.85. The standard InChI is InChI=1S/C11H16ClN3.HI/c1-2-6-14-11(13)15-8-9-4-3-5-10(12)7-9;/h3-5,7H,2,6,8H2,1H3,(H3,13,14,15);1H. The summed E-state index contributed by atoms with van der Waals surface area (Å²) in [5.74, 6) is 0.483. The van der Waals surface area contributed by atoms with Crippen molar-refractivity contribution in [3.05, 3.63) is 34.9 Å². The third-order valence-electron chi connectivity index (χ3n) is 1.88. The molecule has 0 saturated heterocycles. The van der Waals surface area contributed by atoms with Crippen LogP contribution in [-0.4, -0.2) is 12.5 Å². The lowest BCUT2D eigenvalue weighted by Gasteiger charge is -2.03. The Kier molecular flexibility index (Phi) is 8.37. The van der Waals surface area contributed by atoms with Crippen molar-refractivity contribution in [1.82, 2.24) is 5.32 Å². The van der Waals surface area contributed by atoms with Crippen molar-refractivity contribution in [2.24, 2.45) is 10.7 Å². The van der Waals surface area contributed by atoms with E-state index in [9.17, 15) is 0 Å². The molecule has 0 fully saturated rings. The van der Waals surface area contributed by atoms with Crippen molar-refractivity contribution in [3.8, 4) is 0 Å². The minimum Gasteiger partial charge on any atom is -0.370 e. The van der Waals surface area contributed by atoms with Crippen LogP contribution in [0.25, 0.3) is 0 Å². The molecule has 3 nitrogen and oxygen atoms in total. The highest BCUT2D eigenvalue weighted by atomic mass is 127. The number of nitrogens with zero attached hydrogens (tertiary/aromatic N) is 1. The van der Waals surface area contributed by atoms with Gasteiger partial charge in [-0.2, -0.15) is 0 Å². The van der Waals surface area contributed by atoms with Crippen LogP contribution in [0, 0.1) is 0 Å². The number of benzene rings is 1. The Morgan fingerprint density at radius 3 is 2.88 bits per heavy atom. The number of rotatable bonds is 4. The van der Waals surface area contributed by atoms with Gasteiger partial charge in [0.1, 0.15) is 0 Å². The molecule has 1 aromatic carbocycles. The van der Waals surface area contributed by atoms with Gasteiger partial charge >= 0.3 is 0 Å². The van der Waals surface area contributed by atoms with E-state index in [4.69, 9.17) is 17.3 Å². The fraction of sp³-hybridized carbons (Fsp3) is 0.364. The number of halogens is 2. The van der Waals surface area contributed by atoms with E-state index < -0.39 is 0 Å². The molecule has 16 heavy (non-hydrogen) atoms. The second kappa shape index (κ2) is 8.64. The maximum atomic E-state index is 5.85. The fourth-order valence-electron chi connectivity index (χ4n) is 1.12. The van der Waals surface area contributed by atoms with Crippen LogP contribution in [-0.2, 0) is 6.54 Å². The van der Waals surface area contributed by atoms with Crippen LogP contribution in [0.5, 0.6) is 0 Å². The van der Waals surface area contributed by atoms with E-state index in [1.807, 2.05) is 24.3 Å². The Labute approximate surface area is 118 Å². The van der Waals surface area contributed by atoms with E-state index in [-0.39, 0.29) is 24.0 Å². The van der Waals surface area contributed by atoms with Gasteiger partial charge in [-0.3, -0.25) is 0 Å². The first-order valence-electron chi connectivity index (χ1n) is 5.00. The van der Waals surface area contributed by atoms with Crippen molar-refractivity contribution >= 4 is 41.5 Å². The Morgan fingerprint density at radius 2 is 2.25 bits per heavy atom. The number of nitrogens with two attached hydrogens (primary N) is 1. The summed E-state index contributed by atoms with van der Waals surface area (Å²) >= 11 is 5.85. The quantitative estimate of drug-likeness (QED) is 0.497. The summed E-state index contributed by atoms with van der Waals surface area (Å²) in [5, 5.41) is 3.74. The predicted octanol–water partition coefficient (Wildman–Crippen LogP) is 2.77. The summed E-state index contributed by atoms with van der Waals surface area (Å²) in [6.45, 7) is 3.49. The zero-order valence-electron chi connectivity index (χ0n) is 9.24. The van der Waals surface area contributed by atoms with Crippen LogP contribution >= 0.6 is 35.6 Å². The highest BCUT2D eigenvalue weighted by Crippen LogP contribution is 2.11. The second-order valence-corrected chi connectivity index (χ2v) is 3.69. The van der Waals surface area contributed by atoms with E-state index in [2.05, 4.69) is 17.2 Å². The highest BCUT2D eigenvalue weighted by molar-refractivity contribution is 14.0. The molecule has 0 aliphatic heterocycles. The molecule has 3 N–H and O–H groups in total. The number of hydrogen-bond donors (Lipinski definition) is 2. The van der Waals surface area contributed by atoms with Gasteiger partial charge in [-0.1, -0.05) is 30.7 Å². The van der Waals surface area contributed by atoms with Crippen molar-refractivity contribution in [2.45, 2.75) is 19.9 Å². The van der Waals surface area contributed by atoms with Gasteiger partial charge in [0.25, 0.3) is 0 Å². The van der Waals surface area contributed by atoms with Crippen molar-refractivity contribution < 1.29 is 0 Å². The zero-order valence-corrected chi connectivity index (χ0v) is 12.3. The molecule has 1 rings (SSSR count). The first kappa shape index (κ1) is 15.5. The second-order valence-electron chi connectivity index (χ2n) is 3.26. The van der Waals surface area contributed by atoms with Gasteiger partial charge in [-0.05, 0) is 24.1 Å². The molecular weight excluding hydrogens is 336 g/mol. The predicted molar refractivity (Wildman–Crippen MR) is 80.5 cm³/mol. The average molecular weight is 354 g/mol. The number of aliphatic imine (C=N–C) groups is 1. The largest absolute Gasteiger partial charge is 0.370 e. The lowest BCUT2D eigenvalue weighted by Crippen LogP contribution is -2.32. The first-order valence-corrected chi connectivity index (χ1v) is 5.38. The minimum atomic E-state index is 0. The normalized spacial score (nSPS) is 10.8. The van der Waals surface area contributed by atoms with Crippen LogP contribution < -0.4 is 11.1 Å². The van der Waals surface area contributed by atoms with Crippen LogP contribution in [0.15, 0.2) is 29.3 Å². The number of nitrogens with one attached hydrogen (secondary N) is 1. The van der Waals surface area contributed by atoms with Gasteiger partial charge < -0.3 is 11.1 Å². The Morgan fingerprint density at radius 1 is 1.50 bits per heavy atom. The Balaban J connectivity index is 0.00000225. The van der Waals surface area contributed by atoms with Gasteiger partial charge in [0, 0.05) is 11.6 Å². The average Bonchev–Trinajstić information content (AvgIpc) is 2.23. The van der Waals surface area contributed by atoms with Crippen molar-refractivity contribution in [2.75, 3.05) is 6.54 Å². The number of hydrogen-bond acceptors (Lipinski definition) is 1. The van der Waals surface area contributed by atoms with Crippen LogP contribution in [0.2, 0.25) is 5.02 Å². The van der Waals surface area contributed by atoms with E-state index >= 15 is 0 Å². The van der Waals surface area contributed by atoms with Gasteiger partial charge in [-0.25, -0.2) is 4.99 Å². The molecule has 0 amide bonds. The van der Waals surface area contributed by atoms with E-state index in [1.54, 1.807) is 0 Å². The molecule has 0 saturated carbocycles. The molecule has 0 spiro atoms. The molecule has 0 bridgehead atoms. The lowest BCUT2D eigenvalue weighted by atomic mass is 10.2. The molecule has 0 heterocycles. The van der Waals surface area contributed by atoms with Crippen molar-refractivity contribution in [3.63, 3.8) is 0 Å². The smallest absolute Gasteiger partial charge is 0.188 e. The molecule has 0 unspecified atom stereocenters. The van der Waals surface area contributed by atoms with Gasteiger partial charge in [0.05, 0.1) is 6.54 Å². The molecular formula is C11H17ClIN3. The molecule has 0 radical (unpaired) electrons. The first-order chi connectivity index (χ1) is 7.22. The highest BCUT2D eigenvalue weighted by Gasteiger charge is 1.93. The molecule has 0 atom stereocenters. The van der Waals surface area contributed by atoms with E-state index in [1.165, 1.54) is 0 Å². The van der Waals surface area contributed by atoms with Crippen LogP contribution in [0.4, 0.5) is 0 Å². The van der Waals surface area contributed by atoms with Gasteiger partial charge in [0.2, 0.25) is 0 Å². The molecule has 0 aliphatic rings. The van der Waals surface area contributed by atoms with Crippen LogP contribution in [0.3, 0.4) is 0 Å². The molecule has 1 aromatic rings. The molecule has 90 valence electrons. The minimum absolute atomic E-state index is 0. The van der Waals surface area contributed by atoms with Crippen molar-refractivity contribution in [1.29, 1.82) is 0 Å². The summed E-state index contributed by atoms with van der Waals surface area (Å²) in [6, 6.07) is 7.61. The molecule has 5 heteroatoms. The molecule has 0 aromatic heterocycles. The zero-order chi connectivity index (χ0) is 11.1.